The minimum absolute atomic E-state index is 0.373. The zero-order chi connectivity index (χ0) is 18.2. The van der Waals surface area contributed by atoms with Crippen LogP contribution in [0.1, 0.15) is 22.8 Å². The first-order chi connectivity index (χ1) is 12.0. The first kappa shape index (κ1) is 18.9. The van der Waals surface area contributed by atoms with E-state index in [9.17, 15) is 18.4 Å². The van der Waals surface area contributed by atoms with Gasteiger partial charge in [0.1, 0.15) is 0 Å². The lowest BCUT2D eigenvalue weighted by molar-refractivity contribution is -0.119. The molecular weight excluding hydrogens is 348 g/mol. The second-order valence-electron chi connectivity index (χ2n) is 5.08. The summed E-state index contributed by atoms with van der Waals surface area (Å²) in [5, 5.41) is 2.53. The van der Waals surface area contributed by atoms with Gasteiger partial charge in [0.15, 0.2) is 6.61 Å². The molecule has 1 amide bonds. The highest BCUT2D eigenvalue weighted by Gasteiger charge is 2.11. The normalized spacial score (nSPS) is 10.6. The van der Waals surface area contributed by atoms with Crippen LogP contribution in [-0.4, -0.2) is 24.2 Å². The Morgan fingerprint density at radius 1 is 1.08 bits per heavy atom. The number of esters is 1. The summed E-state index contributed by atoms with van der Waals surface area (Å²) < 4.78 is 29.4. The van der Waals surface area contributed by atoms with Gasteiger partial charge >= 0.3 is 5.97 Å². The summed E-state index contributed by atoms with van der Waals surface area (Å²) in [5.74, 6) is -3.58. The SMILES string of the molecule is CCc1ccc(C(=O)OCC(=O)Nc2ccc(SC(F)F)cc2)cc1. The van der Waals surface area contributed by atoms with Crippen LogP contribution in [0.25, 0.3) is 0 Å². The molecule has 1 N–H and O–H groups in total. The van der Waals surface area contributed by atoms with Gasteiger partial charge in [-0.1, -0.05) is 30.8 Å². The molecule has 2 rings (SSSR count). The Balaban J connectivity index is 1.82. The molecule has 0 aromatic heterocycles. The molecule has 0 aliphatic carbocycles. The van der Waals surface area contributed by atoms with Crippen molar-refractivity contribution >= 4 is 29.3 Å². The van der Waals surface area contributed by atoms with Gasteiger partial charge in [0.25, 0.3) is 11.7 Å². The van der Waals surface area contributed by atoms with Crippen molar-refractivity contribution in [3.63, 3.8) is 0 Å². The number of carbonyl (C=O) groups is 2. The number of halogens is 2. The van der Waals surface area contributed by atoms with E-state index in [1.807, 2.05) is 19.1 Å². The largest absolute Gasteiger partial charge is 0.452 e. The Bertz CT molecular complexity index is 718. The van der Waals surface area contributed by atoms with E-state index in [1.165, 1.54) is 24.3 Å². The van der Waals surface area contributed by atoms with Gasteiger partial charge in [0.2, 0.25) is 0 Å². The third-order valence-corrected chi connectivity index (χ3v) is 4.02. The van der Waals surface area contributed by atoms with E-state index in [4.69, 9.17) is 4.74 Å². The maximum Gasteiger partial charge on any atom is 0.338 e. The van der Waals surface area contributed by atoms with Crippen LogP contribution in [0.4, 0.5) is 14.5 Å². The number of carbonyl (C=O) groups excluding carboxylic acids is 2. The van der Waals surface area contributed by atoms with Crippen LogP contribution >= 0.6 is 11.8 Å². The van der Waals surface area contributed by atoms with Gasteiger partial charge in [-0.15, -0.1) is 0 Å². The number of benzene rings is 2. The number of amides is 1. The van der Waals surface area contributed by atoms with Gasteiger partial charge < -0.3 is 10.1 Å². The number of rotatable bonds is 7. The summed E-state index contributed by atoms with van der Waals surface area (Å²) in [5.41, 5.74) is 1.91. The summed E-state index contributed by atoms with van der Waals surface area (Å²) in [6.07, 6.45) is 0.867. The van der Waals surface area contributed by atoms with E-state index in [-0.39, 0.29) is 0 Å². The molecule has 7 heteroatoms. The average Bonchev–Trinajstić information content (AvgIpc) is 2.61. The van der Waals surface area contributed by atoms with E-state index < -0.39 is 24.2 Å². The topological polar surface area (TPSA) is 55.4 Å². The van der Waals surface area contributed by atoms with E-state index >= 15 is 0 Å². The van der Waals surface area contributed by atoms with Crippen LogP contribution in [0.5, 0.6) is 0 Å². The Labute approximate surface area is 148 Å². The fourth-order valence-electron chi connectivity index (χ4n) is 2.01. The van der Waals surface area contributed by atoms with Gasteiger partial charge in [-0.2, -0.15) is 8.78 Å². The highest BCUT2D eigenvalue weighted by Crippen LogP contribution is 2.26. The van der Waals surface area contributed by atoms with Crippen molar-refractivity contribution in [2.75, 3.05) is 11.9 Å². The molecule has 0 atom stereocenters. The van der Waals surface area contributed by atoms with E-state index in [0.29, 0.717) is 27.9 Å². The summed E-state index contributed by atoms with van der Waals surface area (Å²) in [6.45, 7) is 1.58. The molecule has 0 spiro atoms. The molecule has 132 valence electrons. The molecule has 0 fully saturated rings. The van der Waals surface area contributed by atoms with Gasteiger partial charge in [0, 0.05) is 10.6 Å². The van der Waals surface area contributed by atoms with E-state index in [2.05, 4.69) is 5.32 Å². The molecular formula is C18H17F2NO3S. The molecule has 0 heterocycles. The number of anilines is 1. The zero-order valence-electron chi connectivity index (χ0n) is 13.5. The van der Waals surface area contributed by atoms with E-state index in [0.717, 1.165) is 12.0 Å². The van der Waals surface area contributed by atoms with Gasteiger partial charge in [0.05, 0.1) is 5.56 Å². The minimum atomic E-state index is -2.49. The molecule has 0 saturated carbocycles. The lowest BCUT2D eigenvalue weighted by atomic mass is 10.1. The Kier molecular flexibility index (Phi) is 6.94. The molecule has 0 aliphatic heterocycles. The van der Waals surface area contributed by atoms with Crippen molar-refractivity contribution in [3.8, 4) is 0 Å². The summed E-state index contributed by atoms with van der Waals surface area (Å²) in [6, 6.07) is 12.9. The van der Waals surface area contributed by atoms with Crippen LogP contribution < -0.4 is 5.32 Å². The van der Waals surface area contributed by atoms with Crippen molar-refractivity contribution in [1.29, 1.82) is 0 Å². The molecule has 0 aliphatic rings. The molecule has 2 aromatic rings. The van der Waals surface area contributed by atoms with Crippen molar-refractivity contribution in [2.24, 2.45) is 0 Å². The predicted octanol–water partition coefficient (Wildman–Crippen LogP) is 4.36. The highest BCUT2D eigenvalue weighted by atomic mass is 32.2. The lowest BCUT2D eigenvalue weighted by Gasteiger charge is -2.08. The van der Waals surface area contributed by atoms with Crippen LogP contribution in [0.15, 0.2) is 53.4 Å². The molecule has 0 unspecified atom stereocenters. The summed E-state index contributed by atoms with van der Waals surface area (Å²) in [4.78, 5) is 24.1. The number of hydrogen-bond donors (Lipinski definition) is 1. The molecule has 0 radical (unpaired) electrons. The smallest absolute Gasteiger partial charge is 0.338 e. The number of ether oxygens (including phenoxy) is 1. The number of hydrogen-bond acceptors (Lipinski definition) is 4. The predicted molar refractivity (Wildman–Crippen MR) is 93.0 cm³/mol. The summed E-state index contributed by atoms with van der Waals surface area (Å²) in [7, 11) is 0. The number of alkyl halides is 2. The molecule has 25 heavy (non-hydrogen) atoms. The van der Waals surface area contributed by atoms with Gasteiger partial charge in [-0.05, 0) is 48.4 Å². The minimum Gasteiger partial charge on any atom is -0.452 e. The number of aryl methyl sites for hydroxylation is 1. The second-order valence-corrected chi connectivity index (χ2v) is 6.14. The molecule has 0 saturated heterocycles. The van der Waals surface area contributed by atoms with Crippen molar-refractivity contribution in [3.05, 3.63) is 59.7 Å². The van der Waals surface area contributed by atoms with Crippen molar-refractivity contribution < 1.29 is 23.1 Å². The van der Waals surface area contributed by atoms with Crippen LogP contribution in [0.3, 0.4) is 0 Å². The molecule has 4 nitrogen and oxygen atoms in total. The Hall–Kier alpha value is -2.41. The standard InChI is InChI=1S/C18H17F2NO3S/c1-2-12-3-5-13(6-4-12)17(23)24-11-16(22)21-14-7-9-15(10-8-14)25-18(19)20/h3-10,18H,2,11H2,1H3,(H,21,22). The van der Waals surface area contributed by atoms with Crippen LogP contribution in [0, 0.1) is 0 Å². The van der Waals surface area contributed by atoms with Gasteiger partial charge in [-0.3, -0.25) is 4.79 Å². The monoisotopic (exact) mass is 365 g/mol. The first-order valence-electron chi connectivity index (χ1n) is 7.58. The third kappa shape index (κ3) is 6.19. The summed E-state index contributed by atoms with van der Waals surface area (Å²) >= 11 is 0.425. The van der Waals surface area contributed by atoms with Crippen LogP contribution in [0.2, 0.25) is 0 Å². The van der Waals surface area contributed by atoms with Crippen LogP contribution in [-0.2, 0) is 16.0 Å². The maximum atomic E-state index is 12.2. The highest BCUT2D eigenvalue weighted by molar-refractivity contribution is 7.99. The first-order valence-corrected chi connectivity index (χ1v) is 8.46. The van der Waals surface area contributed by atoms with Crippen molar-refractivity contribution in [2.45, 2.75) is 24.0 Å². The molecule has 2 aromatic carbocycles. The van der Waals surface area contributed by atoms with Gasteiger partial charge in [-0.25, -0.2) is 4.79 Å². The lowest BCUT2D eigenvalue weighted by Crippen LogP contribution is -2.20. The second kappa shape index (κ2) is 9.17. The average molecular weight is 365 g/mol. The number of nitrogens with one attached hydrogen (secondary N) is 1. The third-order valence-electron chi connectivity index (χ3n) is 3.30. The fourth-order valence-corrected chi connectivity index (χ4v) is 2.51. The maximum absolute atomic E-state index is 12.2. The fraction of sp³-hybridized carbons (Fsp3) is 0.222. The Morgan fingerprint density at radius 2 is 1.72 bits per heavy atom. The zero-order valence-corrected chi connectivity index (χ0v) is 14.3. The van der Waals surface area contributed by atoms with Crippen molar-refractivity contribution in [1.82, 2.24) is 0 Å². The quantitative estimate of drug-likeness (QED) is 0.585. The Morgan fingerprint density at radius 3 is 2.28 bits per heavy atom. The molecule has 0 bridgehead atoms. The number of thioether (sulfide) groups is 1. The van der Waals surface area contributed by atoms with E-state index in [1.54, 1.807) is 12.1 Å².